The molecule has 34 heavy (non-hydrogen) atoms. The highest BCUT2D eigenvalue weighted by atomic mass is 16.4. The number of aromatic carboxylic acids is 1. The molecule has 1 aromatic rings. The number of carbonyl (C=O) groups is 2. The maximum atomic E-state index is 12.3. The highest BCUT2D eigenvalue weighted by Crippen LogP contribution is 2.09. The zero-order valence-corrected chi connectivity index (χ0v) is 20.7. The molecule has 0 aliphatic rings. The summed E-state index contributed by atoms with van der Waals surface area (Å²) in [7, 11) is 1.76. The molecule has 184 valence electrons. The van der Waals surface area contributed by atoms with E-state index in [0.717, 1.165) is 44.9 Å². The third kappa shape index (κ3) is 14.0. The number of carboxylic acids is 1. The van der Waals surface area contributed by atoms with Crippen molar-refractivity contribution in [1.29, 1.82) is 0 Å². The number of hydrogen-bond acceptors (Lipinski definition) is 3. The van der Waals surface area contributed by atoms with Crippen LogP contribution in [-0.4, -0.2) is 40.5 Å². The summed E-state index contributed by atoms with van der Waals surface area (Å²) in [4.78, 5) is 29.1. The van der Waals surface area contributed by atoms with E-state index in [9.17, 15) is 14.7 Å². The minimum Gasteiger partial charge on any atom is -0.478 e. The Bertz CT molecular complexity index is 866. The van der Waals surface area contributed by atoms with Gasteiger partial charge < -0.3 is 10.0 Å². The number of unbranched alkanes of at least 4 members (excludes halogenated alkanes) is 1. The molecule has 5 heteroatoms. The van der Waals surface area contributed by atoms with Crippen molar-refractivity contribution in [2.45, 2.75) is 64.7 Å². The molecule has 5 nitrogen and oxygen atoms in total. The van der Waals surface area contributed by atoms with E-state index in [4.69, 9.17) is 0 Å². The molecule has 0 fully saturated rings. The average molecular weight is 465 g/mol. The maximum absolute atomic E-state index is 12.3. The molecule has 0 unspecified atom stereocenters. The van der Waals surface area contributed by atoms with E-state index >= 15 is 0 Å². The molecule has 1 heterocycles. The second kappa shape index (κ2) is 19.3. The number of likely N-dealkylation sites (N-methyl/N-ethyl adjacent to an activating group) is 1. The number of carboxylic acid groups (broad SMARTS) is 1. The van der Waals surface area contributed by atoms with Crippen LogP contribution in [0, 0.1) is 0 Å². The van der Waals surface area contributed by atoms with Crippen molar-refractivity contribution >= 4 is 11.9 Å². The zero-order valence-electron chi connectivity index (χ0n) is 20.7. The van der Waals surface area contributed by atoms with Gasteiger partial charge in [0.15, 0.2) is 0 Å². The molecular formula is C29H40N2O3. The molecule has 1 rings (SSSR count). The largest absolute Gasteiger partial charge is 0.478 e. The van der Waals surface area contributed by atoms with Crippen LogP contribution >= 0.6 is 0 Å². The van der Waals surface area contributed by atoms with Crippen molar-refractivity contribution in [2.75, 3.05) is 13.6 Å². The Labute approximate surface area is 205 Å². The summed E-state index contributed by atoms with van der Waals surface area (Å²) >= 11 is 0. The van der Waals surface area contributed by atoms with Crippen molar-refractivity contribution in [2.24, 2.45) is 0 Å². The molecule has 0 aliphatic heterocycles. The number of allylic oxidation sites excluding steroid dienone is 10. The van der Waals surface area contributed by atoms with Crippen molar-refractivity contribution in [3.63, 3.8) is 0 Å². The number of aromatic nitrogens is 1. The van der Waals surface area contributed by atoms with E-state index in [1.54, 1.807) is 24.2 Å². The normalized spacial score (nSPS) is 12.2. The first-order valence-electron chi connectivity index (χ1n) is 12.2. The Morgan fingerprint density at radius 2 is 1.47 bits per heavy atom. The Kier molecular flexibility index (Phi) is 16.3. The summed E-state index contributed by atoms with van der Waals surface area (Å²) < 4.78 is 0. The molecule has 0 bridgehead atoms. The summed E-state index contributed by atoms with van der Waals surface area (Å²) in [6.07, 6.45) is 32.3. The van der Waals surface area contributed by atoms with Gasteiger partial charge in [-0.15, -0.1) is 0 Å². The SMILES string of the molecule is CCC=CCC=CCC=CCC=CCC=CCCCC(=O)N(C)CCc1ccncc1C(=O)O. The summed E-state index contributed by atoms with van der Waals surface area (Å²) in [5.74, 6) is -0.910. The van der Waals surface area contributed by atoms with Gasteiger partial charge in [0.05, 0.1) is 5.56 Å². The number of nitrogens with zero attached hydrogens (tertiary/aromatic N) is 2. The maximum Gasteiger partial charge on any atom is 0.337 e. The monoisotopic (exact) mass is 464 g/mol. The van der Waals surface area contributed by atoms with Gasteiger partial charge in [0.25, 0.3) is 0 Å². The molecular weight excluding hydrogens is 424 g/mol. The van der Waals surface area contributed by atoms with E-state index < -0.39 is 5.97 Å². The van der Waals surface area contributed by atoms with Gasteiger partial charge in [-0.2, -0.15) is 0 Å². The van der Waals surface area contributed by atoms with Gasteiger partial charge in [-0.3, -0.25) is 9.78 Å². The zero-order chi connectivity index (χ0) is 24.9. The standard InChI is InChI=1S/C29H40N2O3/c1-3-4-5-6-7-8-9-10-11-12-13-14-15-16-17-18-19-20-28(32)31(2)24-22-26-21-23-30-25-27(26)29(33)34/h4-5,7-8,10-11,13-14,16-17,21,23,25H,3,6,9,12,15,18-20,22,24H2,1-2H3,(H,33,34). The smallest absolute Gasteiger partial charge is 0.337 e. The second-order valence-corrected chi connectivity index (χ2v) is 8.00. The van der Waals surface area contributed by atoms with Crippen LogP contribution in [-0.2, 0) is 11.2 Å². The predicted molar refractivity (Wildman–Crippen MR) is 141 cm³/mol. The number of hydrogen-bond donors (Lipinski definition) is 1. The molecule has 0 saturated carbocycles. The van der Waals surface area contributed by atoms with E-state index in [0.29, 0.717) is 24.9 Å². The van der Waals surface area contributed by atoms with Crippen molar-refractivity contribution in [3.05, 3.63) is 90.3 Å². The first kappa shape index (κ1) is 28.8. The molecule has 0 aromatic carbocycles. The lowest BCUT2D eigenvalue weighted by molar-refractivity contribution is -0.129. The Morgan fingerprint density at radius 1 is 0.912 bits per heavy atom. The van der Waals surface area contributed by atoms with Gasteiger partial charge in [-0.05, 0) is 63.0 Å². The Balaban J connectivity index is 2.11. The molecule has 0 spiro atoms. The Hall–Kier alpha value is -3.21. The van der Waals surface area contributed by atoms with E-state index in [2.05, 4.69) is 72.7 Å². The molecule has 1 amide bonds. The molecule has 0 atom stereocenters. The molecule has 0 aliphatic carbocycles. The molecule has 0 radical (unpaired) electrons. The van der Waals surface area contributed by atoms with Crippen LogP contribution in [0.15, 0.2) is 79.2 Å². The topological polar surface area (TPSA) is 70.5 Å². The van der Waals surface area contributed by atoms with Crippen LogP contribution in [0.4, 0.5) is 0 Å². The lowest BCUT2D eigenvalue weighted by atomic mass is 10.1. The fourth-order valence-corrected chi connectivity index (χ4v) is 3.18. The first-order valence-corrected chi connectivity index (χ1v) is 12.2. The van der Waals surface area contributed by atoms with Gasteiger partial charge in [-0.1, -0.05) is 67.7 Å². The third-order valence-electron chi connectivity index (χ3n) is 5.20. The van der Waals surface area contributed by atoms with Crippen LogP contribution in [0.2, 0.25) is 0 Å². The number of rotatable bonds is 17. The highest BCUT2D eigenvalue weighted by Gasteiger charge is 2.12. The van der Waals surface area contributed by atoms with E-state index in [-0.39, 0.29) is 11.5 Å². The third-order valence-corrected chi connectivity index (χ3v) is 5.20. The summed E-state index contributed by atoms with van der Waals surface area (Å²) in [5.41, 5.74) is 0.891. The lowest BCUT2D eigenvalue weighted by Gasteiger charge is -2.17. The van der Waals surface area contributed by atoms with Crippen LogP contribution in [0.25, 0.3) is 0 Å². The fraction of sp³-hybridized carbons (Fsp3) is 0.414. The second-order valence-electron chi connectivity index (χ2n) is 8.00. The summed E-state index contributed by atoms with van der Waals surface area (Å²) in [6, 6.07) is 1.70. The van der Waals surface area contributed by atoms with Crippen LogP contribution in [0.1, 0.15) is 74.2 Å². The highest BCUT2D eigenvalue weighted by molar-refractivity contribution is 5.89. The van der Waals surface area contributed by atoms with Crippen LogP contribution in [0.5, 0.6) is 0 Å². The van der Waals surface area contributed by atoms with Crippen molar-refractivity contribution in [1.82, 2.24) is 9.88 Å². The van der Waals surface area contributed by atoms with Crippen molar-refractivity contribution in [3.8, 4) is 0 Å². The van der Waals surface area contributed by atoms with Gasteiger partial charge in [0, 0.05) is 32.4 Å². The quantitative estimate of drug-likeness (QED) is 0.206. The lowest BCUT2D eigenvalue weighted by Crippen LogP contribution is -2.28. The van der Waals surface area contributed by atoms with Crippen LogP contribution in [0.3, 0.4) is 0 Å². The molecule has 0 saturated heterocycles. The fourth-order valence-electron chi connectivity index (χ4n) is 3.18. The predicted octanol–water partition coefficient (Wildman–Crippen LogP) is 6.70. The minimum absolute atomic E-state index is 0.0817. The van der Waals surface area contributed by atoms with Crippen LogP contribution < -0.4 is 0 Å². The first-order chi connectivity index (χ1) is 16.6. The average Bonchev–Trinajstić information content (AvgIpc) is 2.84. The summed E-state index contributed by atoms with van der Waals surface area (Å²) in [5, 5.41) is 9.22. The van der Waals surface area contributed by atoms with E-state index in [1.807, 2.05) is 0 Å². The van der Waals surface area contributed by atoms with Crippen molar-refractivity contribution < 1.29 is 14.7 Å². The number of amides is 1. The van der Waals surface area contributed by atoms with Gasteiger partial charge in [0.1, 0.15) is 0 Å². The Morgan fingerprint density at radius 3 is 2.03 bits per heavy atom. The number of pyridine rings is 1. The molecule has 1 aromatic heterocycles. The van der Waals surface area contributed by atoms with Gasteiger partial charge in [0.2, 0.25) is 5.91 Å². The number of carbonyl (C=O) groups excluding carboxylic acids is 1. The van der Waals surface area contributed by atoms with E-state index in [1.165, 1.54) is 6.20 Å². The minimum atomic E-state index is -0.992. The van der Waals surface area contributed by atoms with Gasteiger partial charge in [-0.25, -0.2) is 4.79 Å². The summed E-state index contributed by atoms with van der Waals surface area (Å²) in [6.45, 7) is 2.63. The van der Waals surface area contributed by atoms with Gasteiger partial charge >= 0.3 is 5.97 Å². The molecule has 1 N–H and O–H groups in total.